The first kappa shape index (κ1) is 17.1. The predicted octanol–water partition coefficient (Wildman–Crippen LogP) is 1.12. The van der Waals surface area contributed by atoms with Crippen molar-refractivity contribution in [3.63, 3.8) is 0 Å². The second kappa shape index (κ2) is 6.66. The molecule has 1 rings (SSSR count). The number of carboxylic acid groups (broad SMARTS) is 1. The van der Waals surface area contributed by atoms with Crippen LogP contribution in [0.15, 0.2) is 16.5 Å². The molecule has 0 saturated heterocycles. The van der Waals surface area contributed by atoms with Gasteiger partial charge in [0.25, 0.3) is 5.91 Å². The van der Waals surface area contributed by atoms with Crippen molar-refractivity contribution in [1.29, 1.82) is 0 Å². The summed E-state index contributed by atoms with van der Waals surface area (Å²) in [6, 6.07) is 1.72. The van der Waals surface area contributed by atoms with E-state index in [2.05, 4.69) is 17.9 Å². The van der Waals surface area contributed by atoms with Crippen LogP contribution in [0.4, 0.5) is 0 Å². The van der Waals surface area contributed by atoms with Crippen molar-refractivity contribution in [3.8, 4) is 0 Å². The van der Waals surface area contributed by atoms with Gasteiger partial charge in [-0.1, -0.05) is 0 Å². The van der Waals surface area contributed by atoms with Crippen LogP contribution in [0, 0.1) is 5.21 Å². The highest BCUT2D eigenvalue weighted by Gasteiger charge is 2.22. The van der Waals surface area contributed by atoms with Gasteiger partial charge < -0.3 is 20.0 Å². The SMILES string of the molecule is CC(C)(C)/[N+]([O-])=C\c1ccc(C(=O)NC(CS)C(=O)O)o1. The van der Waals surface area contributed by atoms with Gasteiger partial charge in [-0.25, -0.2) is 9.53 Å². The number of amides is 1. The Balaban J connectivity index is 2.84. The molecule has 0 fully saturated rings. The molecule has 8 heteroatoms. The van der Waals surface area contributed by atoms with Crippen LogP contribution in [0.5, 0.6) is 0 Å². The van der Waals surface area contributed by atoms with E-state index in [1.165, 1.54) is 18.3 Å². The number of furan rings is 1. The zero-order valence-electron chi connectivity index (χ0n) is 12.0. The molecule has 21 heavy (non-hydrogen) atoms. The number of hydrogen-bond acceptors (Lipinski definition) is 5. The van der Waals surface area contributed by atoms with E-state index >= 15 is 0 Å². The molecule has 0 saturated carbocycles. The van der Waals surface area contributed by atoms with E-state index in [9.17, 15) is 14.8 Å². The van der Waals surface area contributed by atoms with Gasteiger partial charge in [-0.2, -0.15) is 12.6 Å². The maximum Gasteiger partial charge on any atom is 0.327 e. The first-order valence-electron chi connectivity index (χ1n) is 6.21. The number of hydrogen-bond donors (Lipinski definition) is 3. The molecule has 1 heterocycles. The third-order valence-electron chi connectivity index (χ3n) is 2.54. The quantitative estimate of drug-likeness (QED) is 0.248. The van der Waals surface area contributed by atoms with E-state index in [0.29, 0.717) is 4.74 Å². The first-order chi connectivity index (χ1) is 9.65. The van der Waals surface area contributed by atoms with Crippen LogP contribution in [-0.2, 0) is 4.79 Å². The number of carboxylic acids is 1. The maximum atomic E-state index is 11.8. The number of thiol groups is 1. The fourth-order valence-electron chi connectivity index (χ4n) is 1.27. The monoisotopic (exact) mass is 314 g/mol. The van der Waals surface area contributed by atoms with Crippen LogP contribution in [-0.4, -0.2) is 45.3 Å². The Morgan fingerprint density at radius 2 is 2.14 bits per heavy atom. The lowest BCUT2D eigenvalue weighted by Crippen LogP contribution is -2.42. The molecule has 7 nitrogen and oxygen atoms in total. The zero-order chi connectivity index (χ0) is 16.2. The number of nitrogens with one attached hydrogen (secondary N) is 1. The van der Waals surface area contributed by atoms with Crippen molar-refractivity contribution >= 4 is 30.7 Å². The van der Waals surface area contributed by atoms with Crippen molar-refractivity contribution in [2.24, 2.45) is 0 Å². The fourth-order valence-corrected chi connectivity index (χ4v) is 1.52. The Kier molecular flexibility index (Phi) is 5.42. The molecule has 0 aliphatic heterocycles. The van der Waals surface area contributed by atoms with E-state index in [4.69, 9.17) is 9.52 Å². The third kappa shape index (κ3) is 4.82. The van der Waals surface area contributed by atoms with Crippen molar-refractivity contribution < 1.29 is 23.9 Å². The minimum atomic E-state index is -1.19. The topological polar surface area (TPSA) is 106 Å². The molecule has 0 radical (unpaired) electrons. The average Bonchev–Trinajstić information content (AvgIpc) is 2.82. The smallest absolute Gasteiger partial charge is 0.327 e. The van der Waals surface area contributed by atoms with Gasteiger partial charge in [-0.15, -0.1) is 0 Å². The van der Waals surface area contributed by atoms with Crippen molar-refractivity contribution in [1.82, 2.24) is 5.32 Å². The average molecular weight is 314 g/mol. The Morgan fingerprint density at radius 1 is 1.52 bits per heavy atom. The Labute approximate surface area is 127 Å². The minimum absolute atomic E-state index is 0.0425. The molecule has 0 bridgehead atoms. The maximum absolute atomic E-state index is 11.8. The summed E-state index contributed by atoms with van der Waals surface area (Å²) in [7, 11) is 0. The number of hydroxylamine groups is 1. The van der Waals surface area contributed by atoms with Gasteiger partial charge in [-0.05, 0) is 12.1 Å². The van der Waals surface area contributed by atoms with Crippen LogP contribution < -0.4 is 5.32 Å². The van der Waals surface area contributed by atoms with Gasteiger partial charge in [0.05, 0.1) is 0 Å². The highest BCUT2D eigenvalue weighted by Crippen LogP contribution is 2.09. The van der Waals surface area contributed by atoms with Crippen molar-refractivity contribution in [2.45, 2.75) is 32.4 Å². The Bertz CT molecular complexity index is 559. The molecule has 0 aliphatic carbocycles. The summed E-state index contributed by atoms with van der Waals surface area (Å²) in [4.78, 5) is 22.6. The summed E-state index contributed by atoms with van der Waals surface area (Å²) in [5, 5.41) is 22.8. The molecule has 0 aliphatic rings. The van der Waals surface area contributed by atoms with Gasteiger partial charge in [0.2, 0.25) is 6.21 Å². The van der Waals surface area contributed by atoms with Gasteiger partial charge in [0.1, 0.15) is 6.04 Å². The van der Waals surface area contributed by atoms with Crippen LogP contribution in [0.3, 0.4) is 0 Å². The number of aliphatic carboxylic acids is 1. The lowest BCUT2D eigenvalue weighted by molar-refractivity contribution is -0.530. The Hall–Kier alpha value is -1.96. The molecular weight excluding hydrogens is 296 g/mol. The predicted molar refractivity (Wildman–Crippen MR) is 80.0 cm³/mol. The molecule has 116 valence electrons. The standard InChI is InChI=1S/C13H18N2O5S/c1-13(2,3)15(19)6-8-4-5-10(20-8)11(16)14-9(7-21)12(17)18/h4-6,9,21H,7H2,1-3H3,(H,14,16)(H,17,18)/b15-6+. The number of nitrogens with zero attached hydrogens (tertiary/aromatic N) is 1. The molecule has 2 N–H and O–H groups in total. The summed E-state index contributed by atoms with van der Waals surface area (Å²) in [5.74, 6) is -1.77. The van der Waals surface area contributed by atoms with Crippen LogP contribution in [0.25, 0.3) is 0 Å². The van der Waals surface area contributed by atoms with Crippen molar-refractivity contribution in [2.75, 3.05) is 5.75 Å². The van der Waals surface area contributed by atoms with Crippen LogP contribution >= 0.6 is 12.6 Å². The second-order valence-corrected chi connectivity index (χ2v) is 5.74. The van der Waals surface area contributed by atoms with Crippen molar-refractivity contribution in [3.05, 3.63) is 28.9 Å². The molecule has 1 amide bonds. The van der Waals surface area contributed by atoms with E-state index < -0.39 is 23.5 Å². The normalized spacial score (nSPS) is 13.8. The largest absolute Gasteiger partial charge is 0.623 e. The molecule has 0 spiro atoms. The van der Waals surface area contributed by atoms with E-state index in [1.807, 2.05) is 0 Å². The summed E-state index contributed by atoms with van der Waals surface area (Å²) in [6.45, 7) is 5.20. The number of carbonyl (C=O) groups is 2. The zero-order valence-corrected chi connectivity index (χ0v) is 12.9. The highest BCUT2D eigenvalue weighted by molar-refractivity contribution is 7.80. The lowest BCUT2D eigenvalue weighted by atomic mass is 10.1. The number of rotatable bonds is 5. The summed E-state index contributed by atoms with van der Waals surface area (Å²) < 4.78 is 5.92. The molecular formula is C13H18N2O5S. The van der Waals surface area contributed by atoms with Gasteiger partial charge in [0, 0.05) is 26.5 Å². The van der Waals surface area contributed by atoms with Gasteiger partial charge in [-0.3, -0.25) is 4.79 Å². The second-order valence-electron chi connectivity index (χ2n) is 5.37. The van der Waals surface area contributed by atoms with E-state index in [0.717, 1.165) is 0 Å². The van der Waals surface area contributed by atoms with E-state index in [-0.39, 0.29) is 17.3 Å². The van der Waals surface area contributed by atoms with Crippen LogP contribution in [0.2, 0.25) is 0 Å². The highest BCUT2D eigenvalue weighted by atomic mass is 32.1. The molecule has 1 aromatic rings. The summed E-state index contributed by atoms with van der Waals surface area (Å²) >= 11 is 3.84. The third-order valence-corrected chi connectivity index (χ3v) is 2.91. The molecule has 1 unspecified atom stereocenters. The Morgan fingerprint density at radius 3 is 2.62 bits per heavy atom. The summed E-state index contributed by atoms with van der Waals surface area (Å²) in [6.07, 6.45) is 1.23. The molecule has 1 atom stereocenters. The lowest BCUT2D eigenvalue weighted by Gasteiger charge is -2.17. The first-order valence-corrected chi connectivity index (χ1v) is 6.84. The molecule has 0 aromatic carbocycles. The van der Waals surface area contributed by atoms with Gasteiger partial charge >= 0.3 is 5.97 Å². The fraction of sp³-hybridized carbons (Fsp3) is 0.462. The van der Waals surface area contributed by atoms with Crippen LogP contribution in [0.1, 0.15) is 37.1 Å². The number of carbonyl (C=O) groups excluding carboxylic acids is 1. The minimum Gasteiger partial charge on any atom is -0.623 e. The van der Waals surface area contributed by atoms with Gasteiger partial charge in [0.15, 0.2) is 17.1 Å². The van der Waals surface area contributed by atoms with E-state index in [1.54, 1.807) is 20.8 Å². The molecule has 1 aromatic heterocycles. The summed E-state index contributed by atoms with van der Waals surface area (Å²) in [5.41, 5.74) is -0.629.